The van der Waals surface area contributed by atoms with Crippen LogP contribution in [0, 0.1) is 6.92 Å². The van der Waals surface area contributed by atoms with E-state index in [1.165, 1.54) is 0 Å². The smallest absolute Gasteiger partial charge is 0.197 e. The molecule has 1 atom stereocenters. The van der Waals surface area contributed by atoms with Crippen molar-refractivity contribution in [1.29, 1.82) is 0 Å². The Morgan fingerprint density at radius 2 is 1.81 bits per heavy atom. The highest BCUT2D eigenvalue weighted by molar-refractivity contribution is 5.42. The number of hydrogen-bond donors (Lipinski definition) is 1. The number of hydrogen-bond acceptors (Lipinski definition) is 5. The molecule has 2 aromatic rings. The quantitative estimate of drug-likeness (QED) is 0.819. The van der Waals surface area contributed by atoms with Gasteiger partial charge in [0.15, 0.2) is 11.6 Å². The fourth-order valence-electron chi connectivity index (χ4n) is 1.41. The minimum Gasteiger partial charge on any atom is -0.389 e. The van der Waals surface area contributed by atoms with Crippen LogP contribution in [0.15, 0.2) is 24.7 Å². The third-order valence-electron chi connectivity index (χ3n) is 2.23. The van der Waals surface area contributed by atoms with Crippen LogP contribution in [0.1, 0.15) is 24.3 Å². The summed E-state index contributed by atoms with van der Waals surface area (Å²) in [7, 11) is 0. The van der Waals surface area contributed by atoms with E-state index in [0.717, 1.165) is 11.3 Å². The Balaban J connectivity index is 2.43. The third-order valence-corrected chi connectivity index (χ3v) is 2.23. The Morgan fingerprint density at radius 1 is 1.12 bits per heavy atom. The van der Waals surface area contributed by atoms with Crippen molar-refractivity contribution < 1.29 is 5.11 Å². The maximum absolute atomic E-state index is 9.45. The van der Waals surface area contributed by atoms with Crippen LogP contribution < -0.4 is 0 Å². The van der Waals surface area contributed by atoms with Gasteiger partial charge in [0.2, 0.25) is 0 Å². The molecule has 0 aliphatic rings. The topological polar surface area (TPSA) is 71.8 Å². The Kier molecular flexibility index (Phi) is 2.87. The molecular formula is C11H12N4O. The van der Waals surface area contributed by atoms with Crippen LogP contribution in [0.4, 0.5) is 0 Å². The average molecular weight is 216 g/mol. The highest BCUT2D eigenvalue weighted by Gasteiger charge is 2.10. The van der Waals surface area contributed by atoms with Crippen LogP contribution in [0.2, 0.25) is 0 Å². The second kappa shape index (κ2) is 4.32. The van der Waals surface area contributed by atoms with Crippen molar-refractivity contribution in [2.45, 2.75) is 20.0 Å². The molecule has 0 spiro atoms. The fraction of sp³-hybridized carbons (Fsp3) is 0.273. The summed E-state index contributed by atoms with van der Waals surface area (Å²) >= 11 is 0. The van der Waals surface area contributed by atoms with E-state index in [2.05, 4.69) is 19.9 Å². The molecular weight excluding hydrogens is 204 g/mol. The van der Waals surface area contributed by atoms with E-state index < -0.39 is 6.10 Å². The van der Waals surface area contributed by atoms with Gasteiger partial charge in [-0.15, -0.1) is 0 Å². The van der Waals surface area contributed by atoms with Gasteiger partial charge >= 0.3 is 0 Å². The zero-order chi connectivity index (χ0) is 11.5. The van der Waals surface area contributed by atoms with E-state index in [1.54, 1.807) is 31.6 Å². The maximum atomic E-state index is 9.45. The normalized spacial score (nSPS) is 12.4. The minimum absolute atomic E-state index is 0.475. The summed E-state index contributed by atoms with van der Waals surface area (Å²) in [5.74, 6) is 0.963. The molecule has 0 bridgehead atoms. The van der Waals surface area contributed by atoms with E-state index in [0.29, 0.717) is 11.6 Å². The number of rotatable bonds is 2. The molecule has 0 saturated heterocycles. The molecule has 0 fully saturated rings. The summed E-state index contributed by atoms with van der Waals surface area (Å²) in [5, 5.41) is 9.45. The van der Waals surface area contributed by atoms with Crippen molar-refractivity contribution >= 4 is 0 Å². The summed E-state index contributed by atoms with van der Waals surface area (Å²) < 4.78 is 0. The fourth-order valence-corrected chi connectivity index (χ4v) is 1.41. The predicted octanol–water partition coefficient (Wildman–Crippen LogP) is 1.30. The number of aromatic nitrogens is 4. The minimum atomic E-state index is -0.564. The molecule has 2 rings (SSSR count). The van der Waals surface area contributed by atoms with Gasteiger partial charge in [-0.1, -0.05) is 0 Å². The molecule has 0 aliphatic heterocycles. The molecule has 0 unspecified atom stereocenters. The second-order valence-electron chi connectivity index (χ2n) is 3.48. The Hall–Kier alpha value is -1.88. The molecule has 16 heavy (non-hydrogen) atoms. The lowest BCUT2D eigenvalue weighted by Crippen LogP contribution is -2.02. The van der Waals surface area contributed by atoms with E-state index in [4.69, 9.17) is 0 Å². The number of aliphatic hydroxyl groups excluding tert-OH is 1. The van der Waals surface area contributed by atoms with E-state index in [-0.39, 0.29) is 0 Å². The highest BCUT2D eigenvalue weighted by Crippen LogP contribution is 2.16. The molecule has 0 aromatic carbocycles. The highest BCUT2D eigenvalue weighted by atomic mass is 16.3. The van der Waals surface area contributed by atoms with Crippen LogP contribution in [0.3, 0.4) is 0 Å². The van der Waals surface area contributed by atoms with Crippen molar-refractivity contribution in [2.24, 2.45) is 0 Å². The molecule has 1 N–H and O–H groups in total. The van der Waals surface area contributed by atoms with Crippen LogP contribution in [0.25, 0.3) is 11.6 Å². The van der Waals surface area contributed by atoms with E-state index in [9.17, 15) is 5.11 Å². The van der Waals surface area contributed by atoms with Gasteiger partial charge in [-0.2, -0.15) is 0 Å². The molecule has 0 amide bonds. The Labute approximate surface area is 93.3 Å². The zero-order valence-electron chi connectivity index (χ0n) is 9.12. The number of aliphatic hydroxyl groups is 1. The van der Waals surface area contributed by atoms with Gasteiger partial charge in [0.05, 0.1) is 6.10 Å². The largest absolute Gasteiger partial charge is 0.389 e. The number of nitrogens with zero attached hydrogens (tertiary/aromatic N) is 4. The van der Waals surface area contributed by atoms with Crippen molar-refractivity contribution in [2.75, 3.05) is 0 Å². The van der Waals surface area contributed by atoms with Gasteiger partial charge in [-0.25, -0.2) is 19.9 Å². The average Bonchev–Trinajstić information content (AvgIpc) is 2.29. The summed E-state index contributed by atoms with van der Waals surface area (Å²) in [6, 6.07) is 1.74. The lowest BCUT2D eigenvalue weighted by molar-refractivity contribution is 0.197. The lowest BCUT2D eigenvalue weighted by Gasteiger charge is -2.07. The Bertz CT molecular complexity index is 485. The first-order valence-electron chi connectivity index (χ1n) is 4.97. The van der Waals surface area contributed by atoms with Gasteiger partial charge in [0, 0.05) is 29.8 Å². The van der Waals surface area contributed by atoms with Crippen molar-refractivity contribution in [3.8, 4) is 11.6 Å². The monoisotopic (exact) mass is 216 g/mol. The molecule has 5 heteroatoms. The second-order valence-corrected chi connectivity index (χ2v) is 3.48. The summed E-state index contributed by atoms with van der Waals surface area (Å²) in [6.45, 7) is 3.51. The summed E-state index contributed by atoms with van der Waals surface area (Å²) in [5.41, 5.74) is 1.46. The third kappa shape index (κ3) is 2.04. The van der Waals surface area contributed by atoms with Crippen LogP contribution in [0.5, 0.6) is 0 Å². The first-order valence-corrected chi connectivity index (χ1v) is 4.97. The summed E-state index contributed by atoms with van der Waals surface area (Å²) in [4.78, 5) is 16.5. The maximum Gasteiger partial charge on any atom is 0.197 e. The van der Waals surface area contributed by atoms with Gasteiger partial charge in [-0.3, -0.25) is 0 Å². The molecule has 2 aromatic heterocycles. The molecule has 0 saturated carbocycles. The van der Waals surface area contributed by atoms with Gasteiger partial charge in [-0.05, 0) is 19.9 Å². The first-order chi connectivity index (χ1) is 7.68. The SMILES string of the molecule is Cc1nc(-c2ncccn2)ncc1[C@H](C)O. The van der Waals surface area contributed by atoms with Gasteiger partial charge in [0.1, 0.15) is 0 Å². The van der Waals surface area contributed by atoms with Crippen LogP contribution in [-0.2, 0) is 0 Å². The van der Waals surface area contributed by atoms with Gasteiger partial charge in [0.25, 0.3) is 0 Å². The molecule has 2 heterocycles. The van der Waals surface area contributed by atoms with Crippen molar-refractivity contribution in [3.63, 3.8) is 0 Å². The molecule has 0 aliphatic carbocycles. The Morgan fingerprint density at radius 3 is 2.38 bits per heavy atom. The van der Waals surface area contributed by atoms with Crippen LogP contribution >= 0.6 is 0 Å². The van der Waals surface area contributed by atoms with E-state index in [1.807, 2.05) is 6.92 Å². The predicted molar refractivity (Wildman–Crippen MR) is 58.4 cm³/mol. The molecule has 5 nitrogen and oxygen atoms in total. The van der Waals surface area contributed by atoms with Crippen molar-refractivity contribution in [1.82, 2.24) is 19.9 Å². The van der Waals surface area contributed by atoms with Crippen molar-refractivity contribution in [3.05, 3.63) is 35.9 Å². The van der Waals surface area contributed by atoms with E-state index >= 15 is 0 Å². The zero-order valence-corrected chi connectivity index (χ0v) is 9.12. The molecule has 82 valence electrons. The summed E-state index contributed by atoms with van der Waals surface area (Å²) in [6.07, 6.45) is 4.33. The first kappa shape index (κ1) is 10.6. The lowest BCUT2D eigenvalue weighted by atomic mass is 10.1. The van der Waals surface area contributed by atoms with Gasteiger partial charge < -0.3 is 5.11 Å². The molecule has 0 radical (unpaired) electrons. The number of aryl methyl sites for hydroxylation is 1. The standard InChI is InChI=1S/C11H12N4O/c1-7-9(8(2)16)6-14-11(15-7)10-12-4-3-5-13-10/h3-6,8,16H,1-2H3/t8-/m0/s1. The van der Waals surface area contributed by atoms with Crippen LogP contribution in [-0.4, -0.2) is 25.0 Å².